The predicted octanol–water partition coefficient (Wildman–Crippen LogP) is 4.49. The number of halogens is 1. The average molecular weight is 602 g/mol. The van der Waals surface area contributed by atoms with E-state index in [1.54, 1.807) is 22.0 Å². The molecule has 1 N–H and O–H groups in total. The number of fused-ring (bicyclic) bond motifs is 2. The van der Waals surface area contributed by atoms with Crippen LogP contribution in [-0.4, -0.2) is 59.3 Å². The summed E-state index contributed by atoms with van der Waals surface area (Å²) in [5, 5.41) is 8.15. The van der Waals surface area contributed by atoms with Crippen LogP contribution >= 0.6 is 15.9 Å². The lowest BCUT2D eigenvalue weighted by Gasteiger charge is -2.27. The highest BCUT2D eigenvalue weighted by Gasteiger charge is 2.64. The van der Waals surface area contributed by atoms with Crippen molar-refractivity contribution in [2.24, 2.45) is 5.41 Å². The Labute approximate surface area is 239 Å². The molecule has 3 aromatic heterocycles. The Bertz CT molecular complexity index is 1700. The van der Waals surface area contributed by atoms with Crippen LogP contribution in [0.25, 0.3) is 22.0 Å². The Morgan fingerprint density at radius 3 is 2.58 bits per heavy atom. The Morgan fingerprint density at radius 2 is 1.85 bits per heavy atom. The van der Waals surface area contributed by atoms with Crippen LogP contribution in [-0.2, 0) is 16.1 Å². The van der Waals surface area contributed by atoms with Gasteiger partial charge in [-0.25, -0.2) is 15.0 Å². The quantitative estimate of drug-likeness (QED) is 0.255. The highest BCUT2D eigenvalue weighted by atomic mass is 79.9. The third-order valence-corrected chi connectivity index (χ3v) is 8.56. The van der Waals surface area contributed by atoms with Crippen LogP contribution < -0.4 is 5.32 Å². The molecule has 2 fully saturated rings. The van der Waals surface area contributed by atoms with E-state index in [-0.39, 0.29) is 35.6 Å². The predicted molar refractivity (Wildman–Crippen MR) is 153 cm³/mol. The van der Waals surface area contributed by atoms with Gasteiger partial charge in [0.15, 0.2) is 5.78 Å². The summed E-state index contributed by atoms with van der Waals surface area (Å²) >= 11 is 3.35. The molecule has 1 aromatic carbocycles. The Balaban J connectivity index is 1.31. The number of aromatic nitrogens is 5. The first-order valence-corrected chi connectivity index (χ1v) is 13.9. The molecule has 1 saturated carbocycles. The highest BCUT2D eigenvalue weighted by Crippen LogP contribution is 2.59. The monoisotopic (exact) mass is 601 g/mol. The number of pyridine rings is 1. The number of piperidine rings is 1. The van der Waals surface area contributed by atoms with Crippen LogP contribution in [0.5, 0.6) is 0 Å². The maximum atomic E-state index is 13.8. The van der Waals surface area contributed by atoms with Gasteiger partial charge < -0.3 is 10.2 Å². The number of anilines is 1. The molecule has 0 spiro atoms. The van der Waals surface area contributed by atoms with Crippen LogP contribution in [0, 0.1) is 19.3 Å². The lowest BCUT2D eigenvalue weighted by molar-refractivity contribution is -0.138. The number of Topliss-reactive ketones (excluding diaryl/α,β-unsaturated/α-hetero) is 1. The van der Waals surface area contributed by atoms with Crippen molar-refractivity contribution in [2.45, 2.75) is 59.2 Å². The van der Waals surface area contributed by atoms with Crippen LogP contribution in [0.2, 0.25) is 0 Å². The minimum atomic E-state index is -0.614. The minimum absolute atomic E-state index is 0.00663. The second-order valence-corrected chi connectivity index (χ2v) is 11.9. The maximum absolute atomic E-state index is 13.8. The van der Waals surface area contributed by atoms with Gasteiger partial charge in [-0.1, -0.05) is 13.0 Å². The lowest BCUT2D eigenvalue weighted by Crippen LogP contribution is -2.47. The van der Waals surface area contributed by atoms with Crippen molar-refractivity contribution < 1.29 is 14.4 Å². The van der Waals surface area contributed by atoms with Crippen molar-refractivity contribution in [3.8, 4) is 11.1 Å². The van der Waals surface area contributed by atoms with Gasteiger partial charge in [0, 0.05) is 36.3 Å². The van der Waals surface area contributed by atoms with Gasteiger partial charge in [-0.3, -0.25) is 19.1 Å². The van der Waals surface area contributed by atoms with Crippen molar-refractivity contribution in [1.82, 2.24) is 29.6 Å². The molecule has 0 radical (unpaired) electrons. The molecule has 3 atom stereocenters. The van der Waals surface area contributed by atoms with Gasteiger partial charge in [0.05, 0.1) is 5.52 Å². The molecule has 2 aliphatic rings. The van der Waals surface area contributed by atoms with Crippen LogP contribution in [0.15, 0.2) is 47.6 Å². The summed E-state index contributed by atoms with van der Waals surface area (Å²) in [5.74, 6) is -0.184. The van der Waals surface area contributed by atoms with Crippen LogP contribution in [0.1, 0.15) is 48.3 Å². The third-order valence-electron chi connectivity index (χ3n) is 8.12. The Morgan fingerprint density at radius 1 is 1.10 bits per heavy atom. The first kappa shape index (κ1) is 26.2. The largest absolute Gasteiger partial charge is 0.325 e. The molecule has 10 nitrogen and oxygen atoms in total. The molecule has 1 aliphatic carbocycles. The summed E-state index contributed by atoms with van der Waals surface area (Å²) < 4.78 is 2.20. The number of carbonyl (C=O) groups is 3. The summed E-state index contributed by atoms with van der Waals surface area (Å²) in [6, 6.07) is 6.91. The first-order valence-electron chi connectivity index (χ1n) is 13.1. The van der Waals surface area contributed by atoms with E-state index >= 15 is 0 Å². The summed E-state index contributed by atoms with van der Waals surface area (Å²) in [5.41, 5.74) is 4.39. The van der Waals surface area contributed by atoms with E-state index in [0.29, 0.717) is 33.4 Å². The van der Waals surface area contributed by atoms with Gasteiger partial charge in [0.25, 0.3) is 0 Å². The molecule has 1 saturated heterocycles. The highest BCUT2D eigenvalue weighted by molar-refractivity contribution is 9.10. The maximum Gasteiger partial charge on any atom is 0.248 e. The van der Waals surface area contributed by atoms with Gasteiger partial charge in [0.2, 0.25) is 11.8 Å². The van der Waals surface area contributed by atoms with Gasteiger partial charge >= 0.3 is 0 Å². The van der Waals surface area contributed by atoms with Crippen LogP contribution in [0.3, 0.4) is 0 Å². The van der Waals surface area contributed by atoms with Crippen molar-refractivity contribution in [2.75, 3.05) is 5.32 Å². The molecule has 0 bridgehead atoms. The average Bonchev–Trinajstić information content (AvgIpc) is 3.29. The molecular formula is C29H28BrN7O3. The summed E-state index contributed by atoms with van der Waals surface area (Å²) in [7, 11) is 0. The zero-order valence-corrected chi connectivity index (χ0v) is 24.2. The summed E-state index contributed by atoms with van der Waals surface area (Å²) in [6.07, 6.45) is 6.35. The number of benzene rings is 1. The molecule has 11 heteroatoms. The number of carbonyl (C=O) groups excluding carboxylic acids is 3. The molecule has 6 rings (SSSR count). The lowest BCUT2D eigenvalue weighted by atomic mass is 9.99. The molecule has 1 aliphatic heterocycles. The van der Waals surface area contributed by atoms with E-state index in [2.05, 4.69) is 48.2 Å². The fourth-order valence-electron chi connectivity index (χ4n) is 5.86. The number of nitrogens with one attached hydrogen (secondary N) is 1. The summed E-state index contributed by atoms with van der Waals surface area (Å²) in [4.78, 5) is 54.2. The molecule has 40 heavy (non-hydrogen) atoms. The summed E-state index contributed by atoms with van der Waals surface area (Å²) in [6.45, 7) is 7.33. The van der Waals surface area contributed by atoms with E-state index in [1.165, 1.54) is 13.3 Å². The zero-order valence-electron chi connectivity index (χ0n) is 22.6. The smallest absolute Gasteiger partial charge is 0.248 e. The molecule has 0 unspecified atom stereocenters. The minimum Gasteiger partial charge on any atom is -0.325 e. The Hall–Kier alpha value is -3.99. The van der Waals surface area contributed by atoms with E-state index in [1.807, 2.05) is 38.1 Å². The normalized spacial score (nSPS) is 21.4. The molecular weight excluding hydrogens is 574 g/mol. The fraction of sp³-hybridized carbons (Fsp3) is 0.345. The SMILES string of the molecule is CC(=O)c1nn(CC(=O)N2[C@H](C(=O)Nc3nc(Br)ccc3C)C[C@@]3(C)C[C@@H]23)c2cc(C)c(-c3cncnc3)cc12. The zero-order chi connectivity index (χ0) is 28.3. The number of ketones is 1. The number of hydrogen-bond acceptors (Lipinski definition) is 7. The molecule has 2 amide bonds. The molecule has 204 valence electrons. The number of likely N-dealkylation sites (tertiary alicyclic amines) is 1. The number of rotatable bonds is 6. The van der Waals surface area contributed by atoms with E-state index in [0.717, 1.165) is 28.7 Å². The number of amides is 2. The standard InChI is InChI=1S/C29H28BrN7O3/c1-15-5-6-24(30)33-27(15)34-28(40)22-9-29(4)10-23(29)37(22)25(39)13-36-21-7-16(2)19(18-11-31-14-32-12-18)8-20(21)26(35-36)17(3)38/h5-8,11-12,14,22-23H,9-10,13H2,1-4H3,(H,33,34,40)/t22-,23+,29-/m0/s1. The second kappa shape index (κ2) is 9.58. The Kier molecular flexibility index (Phi) is 6.29. The van der Waals surface area contributed by atoms with Gasteiger partial charge in [-0.2, -0.15) is 5.10 Å². The van der Waals surface area contributed by atoms with Gasteiger partial charge in [-0.05, 0) is 82.9 Å². The fourth-order valence-corrected chi connectivity index (χ4v) is 6.17. The van der Waals surface area contributed by atoms with Crippen molar-refractivity contribution in [3.05, 3.63) is 64.4 Å². The number of hydrogen-bond donors (Lipinski definition) is 1. The van der Waals surface area contributed by atoms with E-state index < -0.39 is 6.04 Å². The van der Waals surface area contributed by atoms with Gasteiger partial charge in [-0.15, -0.1) is 0 Å². The van der Waals surface area contributed by atoms with Crippen molar-refractivity contribution in [1.29, 1.82) is 0 Å². The van der Waals surface area contributed by atoms with Crippen molar-refractivity contribution in [3.63, 3.8) is 0 Å². The number of nitrogens with zero attached hydrogens (tertiary/aromatic N) is 6. The van der Waals surface area contributed by atoms with Gasteiger partial charge in [0.1, 0.15) is 35.0 Å². The van der Waals surface area contributed by atoms with E-state index in [9.17, 15) is 14.4 Å². The van der Waals surface area contributed by atoms with Crippen molar-refractivity contribution >= 4 is 50.2 Å². The molecule has 4 aromatic rings. The van der Waals surface area contributed by atoms with E-state index in [4.69, 9.17) is 0 Å². The number of aryl methyl sites for hydroxylation is 2. The topological polar surface area (TPSA) is 123 Å². The van der Waals surface area contributed by atoms with Crippen LogP contribution in [0.4, 0.5) is 5.82 Å². The molecule has 4 heterocycles. The second-order valence-electron chi connectivity index (χ2n) is 11.1. The third kappa shape index (κ3) is 4.47. The first-order chi connectivity index (χ1) is 19.1.